The fourth-order valence-corrected chi connectivity index (χ4v) is 3.65. The molecule has 122 valence electrons. The van der Waals surface area contributed by atoms with Crippen molar-refractivity contribution in [1.82, 2.24) is 0 Å². The quantitative estimate of drug-likeness (QED) is 0.751. The molecule has 1 heterocycles. The Morgan fingerprint density at radius 3 is 1.55 bits per heavy atom. The van der Waals surface area contributed by atoms with E-state index in [0.717, 1.165) is 5.41 Å². The molecule has 20 heavy (non-hydrogen) atoms. The monoisotopic (exact) mass is 303 g/mol. The number of methoxy groups -OCH3 is 1. The molecule has 1 saturated heterocycles. The van der Waals surface area contributed by atoms with Gasteiger partial charge in [-0.05, 0) is 62.4 Å². The van der Waals surface area contributed by atoms with Crippen LogP contribution in [0.25, 0.3) is 0 Å². The topological polar surface area (TPSA) is 35.2 Å². The van der Waals surface area contributed by atoms with Gasteiger partial charge < -0.3 is 10.5 Å². The predicted octanol–water partition coefficient (Wildman–Crippen LogP) is 4.86. The van der Waals surface area contributed by atoms with Gasteiger partial charge >= 0.3 is 0 Å². The number of ether oxygens (including phenoxy) is 1. The average molecular weight is 304 g/mol. The molecule has 3 fully saturated rings. The zero-order valence-corrected chi connectivity index (χ0v) is 15.4. The van der Waals surface area contributed by atoms with Crippen LogP contribution in [0.2, 0.25) is 0 Å². The first-order valence-corrected chi connectivity index (χ1v) is 9.62. The summed E-state index contributed by atoms with van der Waals surface area (Å²) in [7, 11) is 1.85. The molecule has 2 nitrogen and oxygen atoms in total. The highest BCUT2D eigenvalue weighted by Gasteiger charge is 2.44. The maximum Gasteiger partial charge on any atom is 0.0651 e. The Balaban J connectivity index is 0.000000377. The molecule has 0 bridgehead atoms. The second-order valence-corrected chi connectivity index (χ2v) is 6.97. The number of hydrogen-bond donors (Lipinski definition) is 1. The van der Waals surface area contributed by atoms with Crippen LogP contribution in [0.4, 0.5) is 0 Å². The fourth-order valence-electron chi connectivity index (χ4n) is 2.29. The smallest absolute Gasteiger partial charge is 0.0651 e. The van der Waals surface area contributed by atoms with E-state index >= 15 is 0 Å². The summed E-state index contributed by atoms with van der Waals surface area (Å²) in [5.41, 5.74) is 6.16. The largest absolute Gasteiger partial charge is 0.379 e. The van der Waals surface area contributed by atoms with Gasteiger partial charge in [-0.3, -0.25) is 0 Å². The molecule has 0 aromatic carbocycles. The first-order valence-electron chi connectivity index (χ1n) is 8.46. The molecule has 0 aromatic heterocycles. The van der Waals surface area contributed by atoms with Crippen molar-refractivity contribution in [2.45, 2.75) is 84.8 Å². The van der Waals surface area contributed by atoms with E-state index in [1.807, 2.05) is 34.8 Å². The van der Waals surface area contributed by atoms with Gasteiger partial charge in [-0.2, -0.15) is 11.8 Å². The summed E-state index contributed by atoms with van der Waals surface area (Å²) in [5, 5.41) is 0. The van der Waals surface area contributed by atoms with Gasteiger partial charge in [0.2, 0.25) is 0 Å². The Hall–Kier alpha value is 0.270. The van der Waals surface area contributed by atoms with E-state index in [4.69, 9.17) is 10.5 Å². The molecule has 0 aromatic rings. The molecule has 0 unspecified atom stereocenters. The van der Waals surface area contributed by atoms with Crippen molar-refractivity contribution in [3.63, 3.8) is 0 Å². The van der Waals surface area contributed by atoms with Crippen molar-refractivity contribution in [1.29, 1.82) is 0 Å². The minimum absolute atomic E-state index is 0.200. The maximum absolute atomic E-state index is 5.53. The summed E-state index contributed by atoms with van der Waals surface area (Å²) in [5.74, 6) is 2.82. The minimum Gasteiger partial charge on any atom is -0.379 e. The lowest BCUT2D eigenvalue weighted by Crippen LogP contribution is -2.44. The van der Waals surface area contributed by atoms with E-state index in [1.54, 1.807) is 0 Å². The zero-order chi connectivity index (χ0) is 15.6. The van der Waals surface area contributed by atoms with Crippen LogP contribution < -0.4 is 5.73 Å². The van der Waals surface area contributed by atoms with Crippen LogP contribution in [0.5, 0.6) is 0 Å². The van der Waals surface area contributed by atoms with Crippen molar-refractivity contribution in [2.24, 2.45) is 11.1 Å². The number of rotatable bonds is 1. The SMILES string of the molecule is CC.CC.COC1(C)CCC2(CC1)CSC2.NC1CC1. The van der Waals surface area contributed by atoms with Gasteiger partial charge in [-0.25, -0.2) is 0 Å². The lowest BCUT2D eigenvalue weighted by atomic mass is 9.71. The van der Waals surface area contributed by atoms with Gasteiger partial charge in [0.25, 0.3) is 0 Å². The van der Waals surface area contributed by atoms with Crippen LogP contribution in [0, 0.1) is 5.41 Å². The van der Waals surface area contributed by atoms with Gasteiger partial charge in [0.05, 0.1) is 5.60 Å². The maximum atomic E-state index is 5.53. The molecule has 1 spiro atoms. The van der Waals surface area contributed by atoms with Gasteiger partial charge in [0.1, 0.15) is 0 Å². The molecule has 0 atom stereocenters. The minimum atomic E-state index is 0.200. The Morgan fingerprint density at radius 1 is 0.950 bits per heavy atom. The lowest BCUT2D eigenvalue weighted by molar-refractivity contribution is -0.0468. The highest BCUT2D eigenvalue weighted by Crippen LogP contribution is 2.51. The van der Waals surface area contributed by atoms with Gasteiger partial charge in [0, 0.05) is 13.2 Å². The summed E-state index contributed by atoms with van der Waals surface area (Å²) in [6.07, 6.45) is 7.85. The molecular weight excluding hydrogens is 266 g/mol. The Morgan fingerprint density at radius 2 is 1.35 bits per heavy atom. The van der Waals surface area contributed by atoms with Crippen LogP contribution >= 0.6 is 11.8 Å². The molecule has 0 radical (unpaired) electrons. The zero-order valence-electron chi connectivity index (χ0n) is 14.6. The summed E-state index contributed by atoms with van der Waals surface area (Å²) in [6.45, 7) is 10.3. The molecule has 2 N–H and O–H groups in total. The predicted molar refractivity (Wildman–Crippen MR) is 93.5 cm³/mol. The van der Waals surface area contributed by atoms with Gasteiger partial charge in [0.15, 0.2) is 0 Å². The van der Waals surface area contributed by atoms with Crippen molar-refractivity contribution < 1.29 is 4.74 Å². The molecule has 3 aliphatic rings. The van der Waals surface area contributed by atoms with E-state index in [1.165, 1.54) is 50.0 Å². The summed E-state index contributed by atoms with van der Waals surface area (Å²) in [4.78, 5) is 0. The first-order chi connectivity index (χ1) is 9.58. The highest BCUT2D eigenvalue weighted by atomic mass is 32.2. The van der Waals surface area contributed by atoms with Crippen LogP contribution in [0.1, 0.15) is 73.1 Å². The van der Waals surface area contributed by atoms with E-state index in [0.29, 0.717) is 6.04 Å². The van der Waals surface area contributed by atoms with Crippen LogP contribution in [-0.4, -0.2) is 30.3 Å². The summed E-state index contributed by atoms with van der Waals surface area (Å²) in [6, 6.07) is 0.583. The van der Waals surface area contributed by atoms with E-state index in [2.05, 4.69) is 18.7 Å². The van der Waals surface area contributed by atoms with Gasteiger partial charge in [-0.15, -0.1) is 0 Å². The number of nitrogens with two attached hydrogens (primary N) is 1. The third kappa shape index (κ3) is 6.82. The lowest BCUT2D eigenvalue weighted by Gasteiger charge is -2.49. The van der Waals surface area contributed by atoms with Crippen LogP contribution in [0.3, 0.4) is 0 Å². The van der Waals surface area contributed by atoms with Crippen molar-refractivity contribution in [2.75, 3.05) is 18.6 Å². The van der Waals surface area contributed by atoms with E-state index < -0.39 is 0 Å². The molecule has 3 rings (SSSR count). The molecule has 3 heteroatoms. The first kappa shape index (κ1) is 20.3. The summed E-state index contributed by atoms with van der Waals surface area (Å²) >= 11 is 2.11. The molecule has 2 aliphatic carbocycles. The number of hydrogen-bond acceptors (Lipinski definition) is 3. The molecule has 0 amide bonds. The van der Waals surface area contributed by atoms with Crippen LogP contribution in [-0.2, 0) is 4.74 Å². The summed E-state index contributed by atoms with van der Waals surface area (Å²) < 4.78 is 5.53. The standard InChI is InChI=1S/C10H18OS.C3H7N.2C2H6/c1-9(11-2)3-5-10(6-4-9)7-12-8-10;4-3-1-2-3;2*1-2/h3-8H2,1-2H3;3H,1-2,4H2;2*1-2H3. The van der Waals surface area contributed by atoms with Gasteiger partial charge in [-0.1, -0.05) is 27.7 Å². The van der Waals surface area contributed by atoms with Crippen molar-refractivity contribution >= 4 is 11.8 Å². The Bertz CT molecular complexity index is 216. The Kier molecular flexibility index (Phi) is 10.2. The second-order valence-electron chi connectivity index (χ2n) is 5.98. The van der Waals surface area contributed by atoms with Crippen molar-refractivity contribution in [3.05, 3.63) is 0 Å². The molecule has 2 saturated carbocycles. The average Bonchev–Trinajstić information content (AvgIpc) is 3.26. The van der Waals surface area contributed by atoms with E-state index in [-0.39, 0.29) is 5.60 Å². The van der Waals surface area contributed by atoms with Crippen LogP contribution in [0.15, 0.2) is 0 Å². The highest BCUT2D eigenvalue weighted by molar-refractivity contribution is 8.00. The molecular formula is C17H37NOS. The number of thioether (sulfide) groups is 1. The second kappa shape index (κ2) is 10.1. The molecule has 1 aliphatic heterocycles. The third-order valence-electron chi connectivity index (χ3n) is 4.30. The fraction of sp³-hybridized carbons (Fsp3) is 1.00. The normalized spacial score (nSPS) is 24.8. The third-order valence-corrected chi connectivity index (χ3v) is 5.93. The van der Waals surface area contributed by atoms with E-state index in [9.17, 15) is 0 Å². The van der Waals surface area contributed by atoms with Crippen molar-refractivity contribution in [3.8, 4) is 0 Å². The Labute approximate surface area is 131 Å².